The van der Waals surface area contributed by atoms with Crippen LogP contribution in [-0.4, -0.2) is 38.1 Å². The molecular weight excluding hydrogens is 562 g/mol. The fourth-order valence-corrected chi connectivity index (χ4v) is 4.44. The van der Waals surface area contributed by atoms with Crippen molar-refractivity contribution in [2.45, 2.75) is 38.5 Å². The number of hydrogen-bond donors (Lipinski definition) is 2. The molecule has 0 saturated heterocycles. The zero-order chi connectivity index (χ0) is 28.8. The van der Waals surface area contributed by atoms with Gasteiger partial charge in [-0.3, -0.25) is 29.9 Å². The summed E-state index contributed by atoms with van der Waals surface area (Å²) < 4.78 is 33.6. The van der Waals surface area contributed by atoms with E-state index in [-0.39, 0.29) is 38.7 Å². The van der Waals surface area contributed by atoms with E-state index in [1.807, 2.05) is 13.8 Å². The standard InChI is InChI=1S/C25H19ClF2N6O3S.C2H6/c1-37-19-12-29-18(22(27)28)9-15(19)14-10-20(34-8-2-3-17(26)24(34)36)30-11-16(14)23(35)31-25-33-32-21(38-25)7-6-13-4-5-13;1-2/h2-3,8-13,21-22,32H,4-5H2,1H3,(H,31,33,35);1-2H3. The molecule has 1 unspecified atom stereocenters. The summed E-state index contributed by atoms with van der Waals surface area (Å²) in [6.45, 7) is 4.00. The van der Waals surface area contributed by atoms with E-state index in [0.29, 0.717) is 11.1 Å². The van der Waals surface area contributed by atoms with Crippen LogP contribution in [0, 0.1) is 17.8 Å². The fourth-order valence-electron chi connectivity index (χ4n) is 3.57. The van der Waals surface area contributed by atoms with Crippen molar-refractivity contribution in [3.63, 3.8) is 0 Å². The summed E-state index contributed by atoms with van der Waals surface area (Å²) in [4.78, 5) is 34.0. The highest BCUT2D eigenvalue weighted by Gasteiger charge is 2.25. The van der Waals surface area contributed by atoms with Crippen LogP contribution in [-0.2, 0) is 0 Å². The Morgan fingerprint density at radius 1 is 1.23 bits per heavy atom. The van der Waals surface area contributed by atoms with Gasteiger partial charge < -0.3 is 4.74 Å². The summed E-state index contributed by atoms with van der Waals surface area (Å²) in [5.74, 6) is 6.30. The Kier molecular flexibility index (Phi) is 9.39. The first-order valence-electron chi connectivity index (χ1n) is 12.4. The number of rotatable bonds is 5. The maximum absolute atomic E-state index is 13.5. The average Bonchev–Trinajstić information content (AvgIpc) is 3.70. The van der Waals surface area contributed by atoms with Crippen LogP contribution < -0.4 is 21.0 Å². The molecule has 4 heterocycles. The van der Waals surface area contributed by atoms with Gasteiger partial charge in [0, 0.05) is 29.4 Å². The summed E-state index contributed by atoms with van der Waals surface area (Å²) in [7, 11) is 1.35. The van der Waals surface area contributed by atoms with E-state index < -0.39 is 23.6 Å². The molecule has 1 atom stereocenters. The lowest BCUT2D eigenvalue weighted by Crippen LogP contribution is -2.28. The monoisotopic (exact) mass is 586 g/mol. The minimum absolute atomic E-state index is 0.0318. The Morgan fingerprint density at radius 3 is 2.70 bits per heavy atom. The van der Waals surface area contributed by atoms with Crippen molar-refractivity contribution in [3.8, 4) is 34.5 Å². The predicted octanol–water partition coefficient (Wildman–Crippen LogP) is 5.00. The van der Waals surface area contributed by atoms with E-state index >= 15 is 0 Å². The van der Waals surface area contributed by atoms with E-state index in [4.69, 9.17) is 16.3 Å². The molecule has 13 heteroatoms. The van der Waals surface area contributed by atoms with E-state index in [1.54, 1.807) is 6.07 Å². The quantitative estimate of drug-likeness (QED) is 0.405. The van der Waals surface area contributed by atoms with Crippen LogP contribution in [0.3, 0.4) is 0 Å². The van der Waals surface area contributed by atoms with E-state index in [1.165, 1.54) is 48.0 Å². The molecule has 2 aliphatic rings. The second-order valence-electron chi connectivity index (χ2n) is 8.29. The number of amidine groups is 1. The number of ether oxygens (including phenoxy) is 1. The lowest BCUT2D eigenvalue weighted by Gasteiger charge is -2.15. The molecule has 5 rings (SSSR count). The number of thioether (sulfide) groups is 1. The van der Waals surface area contributed by atoms with Gasteiger partial charge >= 0.3 is 0 Å². The minimum atomic E-state index is -2.86. The molecule has 3 aromatic heterocycles. The third-order valence-corrected chi connectivity index (χ3v) is 6.80. The van der Waals surface area contributed by atoms with Crippen LogP contribution >= 0.6 is 23.4 Å². The molecule has 0 bridgehead atoms. The van der Waals surface area contributed by atoms with Crippen molar-refractivity contribution in [1.82, 2.24) is 25.3 Å². The van der Waals surface area contributed by atoms with Crippen LogP contribution in [0.1, 0.15) is 49.2 Å². The molecule has 40 heavy (non-hydrogen) atoms. The number of nitrogens with one attached hydrogen (secondary N) is 2. The molecule has 1 aliphatic carbocycles. The van der Waals surface area contributed by atoms with Crippen molar-refractivity contribution < 1.29 is 18.3 Å². The first-order valence-corrected chi connectivity index (χ1v) is 13.6. The first-order chi connectivity index (χ1) is 19.3. The fraction of sp³-hybridized carbons (Fsp3) is 0.296. The van der Waals surface area contributed by atoms with Crippen molar-refractivity contribution in [2.24, 2.45) is 11.0 Å². The number of carbonyl (C=O) groups is 1. The topological polar surface area (TPSA) is 111 Å². The Labute approximate surface area is 238 Å². The Bertz CT molecular complexity index is 1570. The largest absolute Gasteiger partial charge is 0.494 e. The zero-order valence-corrected chi connectivity index (χ0v) is 23.3. The Balaban J connectivity index is 0.00000181. The maximum atomic E-state index is 13.5. The average molecular weight is 587 g/mol. The van der Waals surface area contributed by atoms with E-state index in [0.717, 1.165) is 25.1 Å². The molecule has 9 nitrogen and oxygen atoms in total. The second-order valence-corrected chi connectivity index (χ2v) is 9.79. The second kappa shape index (κ2) is 12.9. The molecule has 0 aromatic carbocycles. The highest BCUT2D eigenvalue weighted by molar-refractivity contribution is 8.14. The van der Waals surface area contributed by atoms with Crippen LogP contribution in [0.25, 0.3) is 16.9 Å². The van der Waals surface area contributed by atoms with E-state index in [9.17, 15) is 18.4 Å². The minimum Gasteiger partial charge on any atom is -0.494 e. The zero-order valence-electron chi connectivity index (χ0n) is 21.7. The smallest absolute Gasteiger partial charge is 0.280 e. The van der Waals surface area contributed by atoms with Crippen molar-refractivity contribution in [3.05, 3.63) is 69.5 Å². The molecule has 1 fully saturated rings. The van der Waals surface area contributed by atoms with Gasteiger partial charge in [0.1, 0.15) is 22.3 Å². The lowest BCUT2D eigenvalue weighted by atomic mass is 10.00. The van der Waals surface area contributed by atoms with Crippen LogP contribution in [0.5, 0.6) is 5.75 Å². The molecule has 0 radical (unpaired) electrons. The van der Waals surface area contributed by atoms with Gasteiger partial charge in [-0.1, -0.05) is 37.3 Å². The summed E-state index contributed by atoms with van der Waals surface area (Å²) in [5.41, 5.74) is 2.18. The lowest BCUT2D eigenvalue weighted by molar-refractivity contribution is 0.0978. The summed E-state index contributed by atoms with van der Waals surface area (Å²) >= 11 is 7.23. The molecule has 1 amide bonds. The first kappa shape index (κ1) is 29.0. The Morgan fingerprint density at radius 2 is 2.00 bits per heavy atom. The highest BCUT2D eigenvalue weighted by atomic mass is 35.5. The number of pyridine rings is 3. The van der Waals surface area contributed by atoms with Gasteiger partial charge in [0.2, 0.25) is 0 Å². The SMILES string of the molecule is CC.COc1cnc(C(F)F)cc1-c1cc(-n2cccc(Cl)c2=O)ncc1C(=O)NC1=NNC(C#CC2CC2)S1. The molecule has 208 valence electrons. The van der Waals surface area contributed by atoms with Crippen LogP contribution in [0.15, 0.2) is 52.8 Å². The highest BCUT2D eigenvalue weighted by Crippen LogP contribution is 2.35. The van der Waals surface area contributed by atoms with Crippen LogP contribution in [0.4, 0.5) is 8.78 Å². The molecular formula is C27H25ClF2N6O3S. The van der Waals surface area contributed by atoms with Crippen molar-refractivity contribution in [2.75, 3.05) is 7.11 Å². The number of amides is 1. The summed E-state index contributed by atoms with van der Waals surface area (Å²) in [5, 5.41) is 6.78. The number of nitrogens with zero attached hydrogens (tertiary/aromatic N) is 4. The number of carbonyl (C=O) groups excluding carboxylic acids is 1. The van der Waals surface area contributed by atoms with Crippen molar-refractivity contribution in [1.29, 1.82) is 0 Å². The maximum Gasteiger partial charge on any atom is 0.280 e. The van der Waals surface area contributed by atoms with E-state index in [2.05, 4.69) is 37.7 Å². The molecule has 3 aromatic rings. The van der Waals surface area contributed by atoms with Gasteiger partial charge in [-0.2, -0.15) is 5.10 Å². The number of hydrazone groups is 1. The number of alkyl halides is 2. The van der Waals surface area contributed by atoms with Gasteiger partial charge in [0.25, 0.3) is 17.9 Å². The summed E-state index contributed by atoms with van der Waals surface area (Å²) in [6, 6.07) is 5.54. The number of aromatic nitrogens is 3. The third-order valence-electron chi connectivity index (χ3n) is 5.63. The normalized spacial score (nSPS) is 15.7. The number of hydrogen-bond acceptors (Lipinski definition) is 8. The van der Waals surface area contributed by atoms with Gasteiger partial charge in [0.15, 0.2) is 10.5 Å². The number of halogens is 3. The molecule has 0 spiro atoms. The van der Waals surface area contributed by atoms with Crippen LogP contribution in [0.2, 0.25) is 5.02 Å². The van der Waals surface area contributed by atoms with Crippen molar-refractivity contribution >= 4 is 34.4 Å². The molecule has 1 aliphatic heterocycles. The summed E-state index contributed by atoms with van der Waals surface area (Å²) in [6.07, 6.45) is 3.16. The third kappa shape index (κ3) is 6.60. The molecule has 1 saturated carbocycles. The van der Waals surface area contributed by atoms with Gasteiger partial charge in [-0.15, -0.1) is 0 Å². The predicted molar refractivity (Wildman–Crippen MR) is 151 cm³/mol. The van der Waals surface area contributed by atoms with Gasteiger partial charge in [-0.05, 0) is 48.9 Å². The van der Waals surface area contributed by atoms with Gasteiger partial charge in [0.05, 0.1) is 18.9 Å². The number of methoxy groups -OCH3 is 1. The van der Waals surface area contributed by atoms with Gasteiger partial charge in [-0.25, -0.2) is 13.8 Å². The molecule has 2 N–H and O–H groups in total. The Hall–Kier alpha value is -3.95.